The molecule has 120 valence electrons. The molecule has 0 saturated heterocycles. The minimum Gasteiger partial charge on any atom is -0.337 e. The molecule has 0 atom stereocenters. The molecule has 0 spiro atoms. The fourth-order valence-corrected chi connectivity index (χ4v) is 2.67. The second-order valence-electron chi connectivity index (χ2n) is 6.36. The lowest BCUT2D eigenvalue weighted by atomic mass is 10.3. The Morgan fingerprint density at radius 3 is 2.73 bits per heavy atom. The zero-order valence-corrected chi connectivity index (χ0v) is 13.9. The first-order valence-electron chi connectivity index (χ1n) is 7.84. The number of aromatic nitrogens is 5. The molecular formula is C15H25N7. The Morgan fingerprint density at radius 1 is 1.23 bits per heavy atom. The monoisotopic (exact) mass is 303 g/mol. The topological polar surface area (TPSA) is 55.0 Å². The van der Waals surface area contributed by atoms with Gasteiger partial charge in [-0.05, 0) is 20.9 Å². The van der Waals surface area contributed by atoms with E-state index < -0.39 is 0 Å². The van der Waals surface area contributed by atoms with Crippen LogP contribution < -0.4 is 0 Å². The Kier molecular flexibility index (Phi) is 4.26. The highest BCUT2D eigenvalue weighted by Crippen LogP contribution is 2.16. The van der Waals surface area contributed by atoms with Crippen LogP contribution >= 0.6 is 0 Å². The fourth-order valence-electron chi connectivity index (χ4n) is 2.67. The first-order chi connectivity index (χ1) is 10.5. The third kappa shape index (κ3) is 3.05. The van der Waals surface area contributed by atoms with Crippen molar-refractivity contribution in [2.75, 3.05) is 13.6 Å². The molecule has 7 heteroatoms. The number of nitrogens with zero attached hydrogens (tertiary/aromatic N) is 7. The Morgan fingerprint density at radius 2 is 2.05 bits per heavy atom. The number of hydrogen-bond donors (Lipinski definition) is 0. The summed E-state index contributed by atoms with van der Waals surface area (Å²) in [5.41, 5.74) is 0. The second-order valence-corrected chi connectivity index (χ2v) is 6.36. The quantitative estimate of drug-likeness (QED) is 0.820. The molecule has 0 saturated carbocycles. The molecule has 2 aromatic rings. The van der Waals surface area contributed by atoms with Crippen LogP contribution in [0.5, 0.6) is 0 Å². The van der Waals surface area contributed by atoms with E-state index in [1.807, 2.05) is 19.4 Å². The number of fused-ring (bicyclic) bond motifs is 1. The van der Waals surface area contributed by atoms with Gasteiger partial charge in [0.2, 0.25) is 0 Å². The molecule has 1 aliphatic heterocycles. The van der Waals surface area contributed by atoms with Crippen LogP contribution in [0.1, 0.15) is 31.3 Å². The lowest BCUT2D eigenvalue weighted by Gasteiger charge is -2.28. The van der Waals surface area contributed by atoms with Crippen LogP contribution in [-0.2, 0) is 33.2 Å². The van der Waals surface area contributed by atoms with Gasteiger partial charge in [0.25, 0.3) is 0 Å². The molecule has 2 aromatic heterocycles. The van der Waals surface area contributed by atoms with Gasteiger partial charge in [-0.15, -0.1) is 10.2 Å². The summed E-state index contributed by atoms with van der Waals surface area (Å²) in [6.07, 6.45) is 3.84. The van der Waals surface area contributed by atoms with Crippen molar-refractivity contribution in [3.05, 3.63) is 29.9 Å². The molecule has 22 heavy (non-hydrogen) atoms. The van der Waals surface area contributed by atoms with E-state index in [0.29, 0.717) is 6.04 Å². The normalized spacial score (nSPS) is 15.7. The van der Waals surface area contributed by atoms with Crippen molar-refractivity contribution < 1.29 is 0 Å². The number of imidazole rings is 1. The van der Waals surface area contributed by atoms with Crippen molar-refractivity contribution >= 4 is 0 Å². The summed E-state index contributed by atoms with van der Waals surface area (Å²) in [5.74, 6) is 3.23. The summed E-state index contributed by atoms with van der Waals surface area (Å²) in [5, 5.41) is 8.78. The van der Waals surface area contributed by atoms with Gasteiger partial charge in [0.15, 0.2) is 0 Å². The van der Waals surface area contributed by atoms with Crippen LogP contribution in [0.25, 0.3) is 0 Å². The third-order valence-electron chi connectivity index (χ3n) is 4.47. The van der Waals surface area contributed by atoms with E-state index in [1.165, 1.54) is 0 Å². The molecule has 0 unspecified atom stereocenters. The second kappa shape index (κ2) is 6.18. The molecule has 1 aliphatic rings. The zero-order chi connectivity index (χ0) is 15.7. The number of hydrogen-bond acceptors (Lipinski definition) is 5. The lowest BCUT2D eigenvalue weighted by molar-refractivity contribution is 0.195. The minimum atomic E-state index is 0.511. The Bertz CT molecular complexity index is 628. The van der Waals surface area contributed by atoms with Gasteiger partial charge in [0.1, 0.15) is 17.5 Å². The van der Waals surface area contributed by atoms with Gasteiger partial charge in [-0.25, -0.2) is 4.98 Å². The van der Waals surface area contributed by atoms with Crippen molar-refractivity contribution in [3.63, 3.8) is 0 Å². The van der Waals surface area contributed by atoms with Crippen LogP contribution in [0, 0.1) is 0 Å². The standard InChI is InChI=1S/C15H25N7/c1-12(2)20(4)9-14-17-18-15-11-21(7-8-22(14)15)10-13-16-5-6-19(13)3/h5-6,12H,7-11H2,1-4H3. The summed E-state index contributed by atoms with van der Waals surface area (Å²) in [4.78, 5) is 9.07. The van der Waals surface area contributed by atoms with Crippen LogP contribution in [0.4, 0.5) is 0 Å². The zero-order valence-electron chi connectivity index (χ0n) is 13.9. The summed E-state index contributed by atoms with van der Waals surface area (Å²) in [6.45, 7) is 8.90. The summed E-state index contributed by atoms with van der Waals surface area (Å²) in [6, 6.07) is 0.511. The van der Waals surface area contributed by atoms with E-state index in [1.54, 1.807) is 0 Å². The molecule has 0 aromatic carbocycles. The molecule has 0 radical (unpaired) electrons. The lowest BCUT2D eigenvalue weighted by Crippen LogP contribution is -2.35. The van der Waals surface area contributed by atoms with Crippen LogP contribution in [-0.4, -0.2) is 53.7 Å². The molecule has 3 rings (SSSR count). The van der Waals surface area contributed by atoms with Crippen molar-refractivity contribution in [1.82, 2.24) is 34.1 Å². The van der Waals surface area contributed by atoms with Crippen molar-refractivity contribution in [2.24, 2.45) is 7.05 Å². The van der Waals surface area contributed by atoms with Gasteiger partial charge in [-0.1, -0.05) is 0 Å². The van der Waals surface area contributed by atoms with Crippen molar-refractivity contribution in [2.45, 2.75) is 46.1 Å². The van der Waals surface area contributed by atoms with Gasteiger partial charge in [-0.2, -0.15) is 0 Å². The fraction of sp³-hybridized carbons (Fsp3) is 0.667. The average Bonchev–Trinajstić information content (AvgIpc) is 3.06. The maximum atomic E-state index is 4.40. The van der Waals surface area contributed by atoms with Gasteiger partial charge < -0.3 is 9.13 Å². The van der Waals surface area contributed by atoms with Gasteiger partial charge in [0, 0.05) is 38.6 Å². The SMILES string of the molecule is CC(C)N(C)Cc1nnc2n1CCN(Cc1nccn1C)C2. The molecule has 0 aliphatic carbocycles. The van der Waals surface area contributed by atoms with E-state index in [2.05, 4.69) is 55.0 Å². The highest BCUT2D eigenvalue weighted by molar-refractivity contribution is 5.00. The van der Waals surface area contributed by atoms with Crippen LogP contribution in [0.2, 0.25) is 0 Å². The minimum absolute atomic E-state index is 0.511. The first-order valence-corrected chi connectivity index (χ1v) is 7.84. The maximum Gasteiger partial charge on any atom is 0.147 e. The molecule has 0 N–H and O–H groups in total. The van der Waals surface area contributed by atoms with E-state index in [-0.39, 0.29) is 0 Å². The van der Waals surface area contributed by atoms with Gasteiger partial charge in [0.05, 0.1) is 19.6 Å². The van der Waals surface area contributed by atoms with E-state index in [9.17, 15) is 0 Å². The molecule has 0 amide bonds. The average molecular weight is 303 g/mol. The molecular weight excluding hydrogens is 278 g/mol. The van der Waals surface area contributed by atoms with Crippen LogP contribution in [0.3, 0.4) is 0 Å². The first kappa shape index (κ1) is 15.2. The van der Waals surface area contributed by atoms with Gasteiger partial charge >= 0.3 is 0 Å². The maximum absolute atomic E-state index is 4.40. The predicted molar refractivity (Wildman–Crippen MR) is 83.9 cm³/mol. The Hall–Kier alpha value is -1.73. The molecule has 0 bridgehead atoms. The molecule has 7 nitrogen and oxygen atoms in total. The summed E-state index contributed by atoms with van der Waals surface area (Å²) >= 11 is 0. The summed E-state index contributed by atoms with van der Waals surface area (Å²) in [7, 11) is 4.16. The largest absolute Gasteiger partial charge is 0.337 e. The van der Waals surface area contributed by atoms with E-state index >= 15 is 0 Å². The molecule has 3 heterocycles. The summed E-state index contributed by atoms with van der Waals surface area (Å²) < 4.78 is 4.34. The van der Waals surface area contributed by atoms with Crippen molar-refractivity contribution in [3.8, 4) is 0 Å². The number of rotatable bonds is 5. The smallest absolute Gasteiger partial charge is 0.147 e. The van der Waals surface area contributed by atoms with E-state index in [4.69, 9.17) is 0 Å². The number of aryl methyl sites for hydroxylation is 1. The van der Waals surface area contributed by atoms with E-state index in [0.717, 1.165) is 50.2 Å². The van der Waals surface area contributed by atoms with Crippen LogP contribution in [0.15, 0.2) is 12.4 Å². The Labute approximate surface area is 131 Å². The van der Waals surface area contributed by atoms with Gasteiger partial charge in [-0.3, -0.25) is 9.80 Å². The third-order valence-corrected chi connectivity index (χ3v) is 4.47. The molecule has 0 fully saturated rings. The highest BCUT2D eigenvalue weighted by atomic mass is 15.4. The predicted octanol–water partition coefficient (Wildman–Crippen LogP) is 0.868. The highest BCUT2D eigenvalue weighted by Gasteiger charge is 2.22. The van der Waals surface area contributed by atoms with Crippen molar-refractivity contribution in [1.29, 1.82) is 0 Å². The Balaban J connectivity index is 1.67.